The highest BCUT2D eigenvalue weighted by molar-refractivity contribution is 9.10. The summed E-state index contributed by atoms with van der Waals surface area (Å²) in [5, 5.41) is 8.73. The summed E-state index contributed by atoms with van der Waals surface area (Å²) in [7, 11) is 0. The summed E-state index contributed by atoms with van der Waals surface area (Å²) < 4.78 is 24.6. The Hall–Kier alpha value is -1.12. The van der Waals surface area contributed by atoms with Crippen LogP contribution in [0.5, 0.6) is 5.75 Å². The van der Waals surface area contributed by atoms with E-state index in [1.807, 2.05) is 6.07 Å². The first-order valence-electron chi connectivity index (χ1n) is 5.35. The molecule has 2 rings (SSSR count). The van der Waals surface area contributed by atoms with Gasteiger partial charge in [-0.05, 0) is 40.9 Å². The fourth-order valence-electron chi connectivity index (χ4n) is 1.69. The molecule has 0 spiro atoms. The Morgan fingerprint density at radius 2 is 2.41 bits per heavy atom. The number of hydrogen-bond acceptors (Lipinski definition) is 3. The molecule has 1 fully saturated rings. The lowest BCUT2D eigenvalue weighted by molar-refractivity contribution is 0.0665. The molecule has 1 heterocycles. The summed E-state index contributed by atoms with van der Waals surface area (Å²) in [5.74, 6) is -0.395. The minimum absolute atomic E-state index is 0.0452. The molecule has 0 saturated carbocycles. The third-order valence-electron chi connectivity index (χ3n) is 2.62. The van der Waals surface area contributed by atoms with Gasteiger partial charge in [0.15, 0.2) is 11.6 Å². The highest BCUT2D eigenvalue weighted by Crippen LogP contribution is 2.28. The molecule has 0 bridgehead atoms. The largest absolute Gasteiger partial charge is 0.488 e. The van der Waals surface area contributed by atoms with Crippen LogP contribution in [0.1, 0.15) is 18.4 Å². The molecule has 0 radical (unpaired) electrons. The first-order valence-corrected chi connectivity index (χ1v) is 6.14. The average Bonchev–Trinajstić information content (AvgIpc) is 2.84. The zero-order valence-corrected chi connectivity index (χ0v) is 10.7. The average molecular weight is 300 g/mol. The molecule has 0 N–H and O–H groups in total. The second kappa shape index (κ2) is 5.48. The third-order valence-corrected chi connectivity index (χ3v) is 3.39. The summed E-state index contributed by atoms with van der Waals surface area (Å²) in [6, 6.07) is 4.89. The van der Waals surface area contributed by atoms with Crippen molar-refractivity contribution in [2.75, 3.05) is 13.2 Å². The van der Waals surface area contributed by atoms with E-state index in [0.29, 0.717) is 6.61 Å². The molecule has 0 amide bonds. The normalized spacial score (nSPS) is 19.0. The smallest absolute Gasteiger partial charge is 0.180 e. The summed E-state index contributed by atoms with van der Waals surface area (Å²) in [6.07, 6.45) is 2.01. The first-order chi connectivity index (χ1) is 8.22. The Morgan fingerprint density at radius 1 is 1.59 bits per heavy atom. The van der Waals surface area contributed by atoms with E-state index in [9.17, 15) is 4.39 Å². The van der Waals surface area contributed by atoms with Crippen LogP contribution in [0.3, 0.4) is 0 Å². The van der Waals surface area contributed by atoms with E-state index in [2.05, 4.69) is 15.9 Å². The molecule has 1 aromatic rings. The van der Waals surface area contributed by atoms with E-state index < -0.39 is 5.82 Å². The van der Waals surface area contributed by atoms with Crippen molar-refractivity contribution < 1.29 is 13.9 Å². The molecule has 3 nitrogen and oxygen atoms in total. The lowest BCUT2D eigenvalue weighted by atomic mass is 10.2. The van der Waals surface area contributed by atoms with Crippen LogP contribution in [-0.4, -0.2) is 19.3 Å². The van der Waals surface area contributed by atoms with Crippen molar-refractivity contribution >= 4 is 15.9 Å². The Balaban J connectivity index is 2.06. The van der Waals surface area contributed by atoms with E-state index in [1.54, 1.807) is 0 Å². The number of nitriles is 1. The minimum atomic E-state index is -0.540. The van der Waals surface area contributed by atoms with Gasteiger partial charge in [-0.2, -0.15) is 5.26 Å². The maximum Gasteiger partial charge on any atom is 0.180 e. The Bertz CT molecular complexity index is 453. The Kier molecular flexibility index (Phi) is 3.97. The van der Waals surface area contributed by atoms with Crippen molar-refractivity contribution in [2.24, 2.45) is 0 Å². The molecule has 17 heavy (non-hydrogen) atoms. The Labute approximate surface area is 107 Å². The highest BCUT2D eigenvalue weighted by Gasteiger charge is 2.18. The van der Waals surface area contributed by atoms with Gasteiger partial charge in [-0.3, -0.25) is 0 Å². The van der Waals surface area contributed by atoms with Crippen molar-refractivity contribution in [3.05, 3.63) is 28.0 Å². The van der Waals surface area contributed by atoms with Crippen LogP contribution >= 0.6 is 15.9 Å². The predicted molar refractivity (Wildman–Crippen MR) is 63.3 cm³/mol. The number of nitrogens with zero attached hydrogens (tertiary/aromatic N) is 1. The zero-order chi connectivity index (χ0) is 12.3. The van der Waals surface area contributed by atoms with Crippen LogP contribution in [0.4, 0.5) is 4.39 Å². The molecule has 1 saturated heterocycles. The van der Waals surface area contributed by atoms with Crippen molar-refractivity contribution in [2.45, 2.75) is 18.9 Å². The summed E-state index contributed by atoms with van der Waals surface area (Å²) in [4.78, 5) is 0. The number of rotatable bonds is 3. The third kappa shape index (κ3) is 2.76. The zero-order valence-electron chi connectivity index (χ0n) is 9.08. The standard InChI is InChI=1S/C12H11BrFNO2/c13-11-8(6-15)3-4-10(12(11)14)17-7-9-2-1-5-16-9/h3-4,9H,1-2,5,7H2. The molecule has 1 aliphatic rings. The number of benzene rings is 1. The van der Waals surface area contributed by atoms with Crippen LogP contribution in [0.25, 0.3) is 0 Å². The molecule has 1 unspecified atom stereocenters. The van der Waals surface area contributed by atoms with Gasteiger partial charge in [0.25, 0.3) is 0 Å². The maximum absolute atomic E-state index is 13.8. The van der Waals surface area contributed by atoms with E-state index in [0.717, 1.165) is 19.4 Å². The molecule has 1 aromatic carbocycles. The lowest BCUT2D eigenvalue weighted by Crippen LogP contribution is -2.16. The van der Waals surface area contributed by atoms with Crippen molar-refractivity contribution in [3.63, 3.8) is 0 Å². The van der Waals surface area contributed by atoms with Crippen molar-refractivity contribution in [3.8, 4) is 11.8 Å². The fourth-order valence-corrected chi connectivity index (χ4v) is 2.10. The van der Waals surface area contributed by atoms with Gasteiger partial charge >= 0.3 is 0 Å². The molecular formula is C12H11BrFNO2. The molecule has 5 heteroatoms. The fraction of sp³-hybridized carbons (Fsp3) is 0.417. The quantitative estimate of drug-likeness (QED) is 0.861. The predicted octanol–water partition coefficient (Wildman–Crippen LogP) is 3.02. The molecule has 1 atom stereocenters. The van der Waals surface area contributed by atoms with Gasteiger partial charge in [-0.15, -0.1) is 0 Å². The van der Waals surface area contributed by atoms with E-state index in [-0.39, 0.29) is 21.9 Å². The second-order valence-corrected chi connectivity index (χ2v) is 4.59. The molecular weight excluding hydrogens is 289 g/mol. The summed E-state index contributed by atoms with van der Waals surface area (Å²) >= 11 is 3.04. The van der Waals surface area contributed by atoms with Gasteiger partial charge in [0, 0.05) is 6.61 Å². The molecule has 1 aliphatic heterocycles. The van der Waals surface area contributed by atoms with Crippen LogP contribution < -0.4 is 4.74 Å². The second-order valence-electron chi connectivity index (χ2n) is 3.80. The van der Waals surface area contributed by atoms with Gasteiger partial charge in [0.2, 0.25) is 0 Å². The Morgan fingerprint density at radius 3 is 3.06 bits per heavy atom. The number of halogens is 2. The molecule has 90 valence electrons. The van der Waals surface area contributed by atoms with Crippen LogP contribution in [0.2, 0.25) is 0 Å². The maximum atomic E-state index is 13.8. The van der Waals surface area contributed by atoms with Crippen LogP contribution in [0.15, 0.2) is 16.6 Å². The van der Waals surface area contributed by atoms with Gasteiger partial charge in [-0.25, -0.2) is 4.39 Å². The van der Waals surface area contributed by atoms with E-state index in [1.165, 1.54) is 12.1 Å². The summed E-state index contributed by atoms with van der Waals surface area (Å²) in [6.45, 7) is 1.09. The molecule has 0 aromatic heterocycles. The van der Waals surface area contributed by atoms with Gasteiger partial charge < -0.3 is 9.47 Å². The molecule has 0 aliphatic carbocycles. The SMILES string of the molecule is N#Cc1ccc(OCC2CCCO2)c(F)c1Br. The topological polar surface area (TPSA) is 42.2 Å². The van der Waals surface area contributed by atoms with E-state index >= 15 is 0 Å². The van der Waals surface area contributed by atoms with Crippen LogP contribution in [0, 0.1) is 17.1 Å². The first kappa shape index (κ1) is 12.3. The van der Waals surface area contributed by atoms with Gasteiger partial charge in [0.05, 0.1) is 16.1 Å². The highest BCUT2D eigenvalue weighted by atomic mass is 79.9. The van der Waals surface area contributed by atoms with Crippen LogP contribution in [-0.2, 0) is 4.74 Å². The number of hydrogen-bond donors (Lipinski definition) is 0. The van der Waals surface area contributed by atoms with E-state index in [4.69, 9.17) is 14.7 Å². The monoisotopic (exact) mass is 299 g/mol. The lowest BCUT2D eigenvalue weighted by Gasteiger charge is -2.12. The minimum Gasteiger partial charge on any atom is -0.488 e. The van der Waals surface area contributed by atoms with Crippen molar-refractivity contribution in [1.82, 2.24) is 0 Å². The summed E-state index contributed by atoms with van der Waals surface area (Å²) in [5.41, 5.74) is 0.256. The van der Waals surface area contributed by atoms with Crippen molar-refractivity contribution in [1.29, 1.82) is 5.26 Å². The number of ether oxygens (including phenoxy) is 2. The van der Waals surface area contributed by atoms with Gasteiger partial charge in [0.1, 0.15) is 12.7 Å². The van der Waals surface area contributed by atoms with Gasteiger partial charge in [-0.1, -0.05) is 0 Å².